The molecule has 0 spiro atoms. The van der Waals surface area contributed by atoms with Crippen molar-refractivity contribution in [3.05, 3.63) is 53.1 Å². The predicted octanol–water partition coefficient (Wildman–Crippen LogP) is 3.63. The fourth-order valence-electron chi connectivity index (χ4n) is 3.02. The number of amides is 1. The number of hydrogen-bond donors (Lipinski definition) is 3. The van der Waals surface area contributed by atoms with Crippen molar-refractivity contribution < 1.29 is 23.1 Å². The van der Waals surface area contributed by atoms with Crippen LogP contribution in [0, 0.1) is 6.92 Å². The lowest BCUT2D eigenvalue weighted by atomic mass is 9.86. The SMILES string of the molecule is Cc1cc([C@@H](C)NC(=O)COc2ccc(C(C)(C)C)c(O)c2)ccc1NS(C)(=O)=O. The van der Waals surface area contributed by atoms with Crippen LogP contribution in [0.3, 0.4) is 0 Å². The van der Waals surface area contributed by atoms with Crippen LogP contribution in [0.4, 0.5) is 5.69 Å². The molecule has 2 rings (SSSR count). The molecule has 0 heterocycles. The number of anilines is 1. The molecule has 3 N–H and O–H groups in total. The van der Waals surface area contributed by atoms with E-state index in [0.717, 1.165) is 22.9 Å². The first-order valence-electron chi connectivity index (χ1n) is 9.60. The third-order valence-corrected chi connectivity index (χ3v) is 5.16. The zero-order valence-electron chi connectivity index (χ0n) is 18.2. The maximum absolute atomic E-state index is 12.3. The van der Waals surface area contributed by atoms with Crippen LogP contribution >= 0.6 is 0 Å². The maximum atomic E-state index is 12.3. The molecule has 0 aliphatic carbocycles. The van der Waals surface area contributed by atoms with Crippen molar-refractivity contribution in [1.82, 2.24) is 5.32 Å². The minimum Gasteiger partial charge on any atom is -0.508 e. The Balaban J connectivity index is 1.96. The van der Waals surface area contributed by atoms with Gasteiger partial charge in [0.2, 0.25) is 10.0 Å². The summed E-state index contributed by atoms with van der Waals surface area (Å²) in [6, 6.07) is 9.99. The molecular formula is C22H30N2O5S. The molecule has 164 valence electrons. The second kappa shape index (κ2) is 8.95. The first-order valence-corrected chi connectivity index (χ1v) is 11.5. The van der Waals surface area contributed by atoms with E-state index in [1.54, 1.807) is 31.2 Å². The molecule has 1 atom stereocenters. The number of carbonyl (C=O) groups excluding carboxylic acids is 1. The number of phenols is 1. The van der Waals surface area contributed by atoms with E-state index in [9.17, 15) is 18.3 Å². The second-order valence-electron chi connectivity index (χ2n) is 8.46. The number of phenolic OH excluding ortho intramolecular Hbond substituents is 1. The summed E-state index contributed by atoms with van der Waals surface area (Å²) in [4.78, 5) is 12.3. The number of sulfonamides is 1. The average Bonchev–Trinajstić information content (AvgIpc) is 2.59. The zero-order valence-corrected chi connectivity index (χ0v) is 19.1. The van der Waals surface area contributed by atoms with Gasteiger partial charge >= 0.3 is 0 Å². The van der Waals surface area contributed by atoms with Crippen LogP contribution in [0.2, 0.25) is 0 Å². The number of aromatic hydroxyl groups is 1. The third kappa shape index (κ3) is 6.66. The van der Waals surface area contributed by atoms with Gasteiger partial charge < -0.3 is 15.2 Å². The van der Waals surface area contributed by atoms with E-state index in [2.05, 4.69) is 10.0 Å². The normalized spacial score (nSPS) is 12.9. The zero-order chi connectivity index (χ0) is 22.7. The van der Waals surface area contributed by atoms with Crippen molar-refractivity contribution in [2.75, 3.05) is 17.6 Å². The van der Waals surface area contributed by atoms with Gasteiger partial charge in [0.1, 0.15) is 11.5 Å². The Bertz CT molecular complexity index is 1030. The van der Waals surface area contributed by atoms with E-state index < -0.39 is 10.0 Å². The minimum absolute atomic E-state index is 0.132. The molecule has 30 heavy (non-hydrogen) atoms. The summed E-state index contributed by atoms with van der Waals surface area (Å²) in [6.07, 6.45) is 1.10. The van der Waals surface area contributed by atoms with E-state index in [0.29, 0.717) is 11.4 Å². The number of ether oxygens (including phenoxy) is 1. The van der Waals surface area contributed by atoms with Gasteiger partial charge in [0, 0.05) is 6.07 Å². The van der Waals surface area contributed by atoms with Crippen LogP contribution in [0.5, 0.6) is 11.5 Å². The van der Waals surface area contributed by atoms with Crippen molar-refractivity contribution in [3.8, 4) is 11.5 Å². The lowest BCUT2D eigenvalue weighted by Gasteiger charge is -2.21. The Morgan fingerprint density at radius 1 is 1.17 bits per heavy atom. The molecule has 0 unspecified atom stereocenters. The molecule has 0 saturated heterocycles. The number of nitrogens with one attached hydrogen (secondary N) is 2. The van der Waals surface area contributed by atoms with E-state index in [1.165, 1.54) is 6.07 Å². The molecule has 0 aliphatic heterocycles. The van der Waals surface area contributed by atoms with Crippen molar-refractivity contribution in [2.45, 2.75) is 46.1 Å². The molecule has 0 fully saturated rings. The fraction of sp³-hybridized carbons (Fsp3) is 0.409. The van der Waals surface area contributed by atoms with Crippen molar-refractivity contribution >= 4 is 21.6 Å². The van der Waals surface area contributed by atoms with Crippen LogP contribution in [0.15, 0.2) is 36.4 Å². The number of benzene rings is 2. The molecule has 1 amide bonds. The van der Waals surface area contributed by atoms with E-state index in [-0.39, 0.29) is 29.7 Å². The highest BCUT2D eigenvalue weighted by atomic mass is 32.2. The summed E-state index contributed by atoms with van der Waals surface area (Å²) in [5, 5.41) is 13.0. The Hall–Kier alpha value is -2.74. The monoisotopic (exact) mass is 434 g/mol. The summed E-state index contributed by atoms with van der Waals surface area (Å²) in [5.41, 5.74) is 2.70. The molecule has 0 bridgehead atoms. The molecule has 2 aromatic carbocycles. The fourth-order valence-corrected chi connectivity index (χ4v) is 3.65. The summed E-state index contributed by atoms with van der Waals surface area (Å²) < 4.78 is 30.8. The largest absolute Gasteiger partial charge is 0.508 e. The molecule has 0 saturated carbocycles. The lowest BCUT2D eigenvalue weighted by Crippen LogP contribution is -2.31. The van der Waals surface area contributed by atoms with Gasteiger partial charge in [-0.1, -0.05) is 39.0 Å². The van der Waals surface area contributed by atoms with Gasteiger partial charge in [-0.25, -0.2) is 8.42 Å². The van der Waals surface area contributed by atoms with Crippen LogP contribution in [-0.4, -0.2) is 32.3 Å². The summed E-state index contributed by atoms with van der Waals surface area (Å²) in [5.74, 6) is 0.236. The Morgan fingerprint density at radius 2 is 1.83 bits per heavy atom. The van der Waals surface area contributed by atoms with Gasteiger partial charge in [-0.3, -0.25) is 9.52 Å². The molecule has 0 aliphatic rings. The van der Waals surface area contributed by atoms with E-state index >= 15 is 0 Å². The Labute approximate surface area is 178 Å². The highest BCUT2D eigenvalue weighted by Gasteiger charge is 2.18. The number of aryl methyl sites for hydroxylation is 1. The third-order valence-electron chi connectivity index (χ3n) is 4.57. The van der Waals surface area contributed by atoms with Gasteiger partial charge in [0.15, 0.2) is 6.61 Å². The van der Waals surface area contributed by atoms with Gasteiger partial charge in [-0.05, 0) is 48.1 Å². The van der Waals surface area contributed by atoms with Crippen LogP contribution < -0.4 is 14.8 Å². The van der Waals surface area contributed by atoms with Gasteiger partial charge in [0.25, 0.3) is 5.91 Å². The second-order valence-corrected chi connectivity index (χ2v) is 10.2. The molecular weight excluding hydrogens is 404 g/mol. The van der Waals surface area contributed by atoms with Crippen molar-refractivity contribution in [2.24, 2.45) is 0 Å². The van der Waals surface area contributed by atoms with Gasteiger partial charge in [-0.15, -0.1) is 0 Å². The summed E-state index contributed by atoms with van der Waals surface area (Å²) >= 11 is 0. The predicted molar refractivity (Wildman–Crippen MR) is 119 cm³/mol. The maximum Gasteiger partial charge on any atom is 0.258 e. The molecule has 2 aromatic rings. The first-order chi connectivity index (χ1) is 13.8. The standard InChI is InChI=1S/C22H30N2O5S/c1-14-11-16(7-10-19(14)24-30(6,27)28)15(2)23-21(26)13-29-17-8-9-18(20(25)12-17)22(3,4)5/h7-12,15,24-25H,13H2,1-6H3,(H,23,26)/t15-/m1/s1. The number of rotatable bonds is 7. The average molecular weight is 435 g/mol. The molecule has 0 radical (unpaired) electrons. The van der Waals surface area contributed by atoms with Crippen LogP contribution in [0.1, 0.15) is 50.4 Å². The molecule has 8 heteroatoms. The van der Waals surface area contributed by atoms with Crippen molar-refractivity contribution in [3.63, 3.8) is 0 Å². The molecule has 0 aromatic heterocycles. The minimum atomic E-state index is -3.35. The number of hydrogen-bond acceptors (Lipinski definition) is 5. The number of carbonyl (C=O) groups is 1. The highest BCUT2D eigenvalue weighted by Crippen LogP contribution is 2.33. The summed E-state index contributed by atoms with van der Waals surface area (Å²) in [7, 11) is -3.35. The highest BCUT2D eigenvalue weighted by molar-refractivity contribution is 7.92. The first kappa shape index (κ1) is 23.5. The smallest absolute Gasteiger partial charge is 0.258 e. The van der Waals surface area contributed by atoms with E-state index in [1.807, 2.05) is 33.8 Å². The van der Waals surface area contributed by atoms with Crippen LogP contribution in [-0.2, 0) is 20.2 Å². The van der Waals surface area contributed by atoms with Gasteiger partial charge in [-0.2, -0.15) is 0 Å². The van der Waals surface area contributed by atoms with Crippen LogP contribution in [0.25, 0.3) is 0 Å². The quantitative estimate of drug-likeness (QED) is 0.617. The molecule has 7 nitrogen and oxygen atoms in total. The lowest BCUT2D eigenvalue weighted by molar-refractivity contribution is -0.123. The van der Waals surface area contributed by atoms with Crippen molar-refractivity contribution in [1.29, 1.82) is 0 Å². The van der Waals surface area contributed by atoms with Gasteiger partial charge in [0.05, 0.1) is 18.0 Å². The topological polar surface area (TPSA) is 105 Å². The Kier molecular flexibility index (Phi) is 7.02. The summed E-state index contributed by atoms with van der Waals surface area (Å²) in [6.45, 7) is 9.45. The Morgan fingerprint density at radius 3 is 2.37 bits per heavy atom. The van der Waals surface area contributed by atoms with E-state index in [4.69, 9.17) is 4.74 Å².